The van der Waals surface area contributed by atoms with Crippen molar-refractivity contribution in [2.45, 2.75) is 32.4 Å². The molecule has 0 amide bonds. The minimum Gasteiger partial charge on any atom is -0.281 e. The minimum atomic E-state index is -4.57. The molecular formula is C24H19F3N4. The number of fused-ring (bicyclic) bond motifs is 4. The number of halogens is 3. The molecule has 0 saturated carbocycles. The quantitative estimate of drug-likeness (QED) is 0.315. The van der Waals surface area contributed by atoms with Gasteiger partial charge in [0.1, 0.15) is 16.6 Å². The maximum Gasteiger partial charge on any atom is 0.420 e. The Hall–Kier alpha value is -3.48. The zero-order chi connectivity index (χ0) is 22.0. The van der Waals surface area contributed by atoms with Crippen LogP contribution in [-0.2, 0) is 11.6 Å². The SMILES string of the molecule is CC(C)(C)c1cc(-c2ncc(C(F)(F)F)c3nc4ncccn4c23)cc2ccccc12. The first-order valence-corrected chi connectivity index (χ1v) is 9.87. The molecule has 2 aromatic carbocycles. The van der Waals surface area contributed by atoms with Gasteiger partial charge in [0, 0.05) is 24.2 Å². The lowest BCUT2D eigenvalue weighted by Gasteiger charge is -2.23. The summed E-state index contributed by atoms with van der Waals surface area (Å²) >= 11 is 0. The summed E-state index contributed by atoms with van der Waals surface area (Å²) in [6.45, 7) is 6.35. The van der Waals surface area contributed by atoms with E-state index in [0.717, 1.165) is 28.1 Å². The van der Waals surface area contributed by atoms with Crippen molar-refractivity contribution in [2.75, 3.05) is 0 Å². The van der Waals surface area contributed by atoms with Crippen molar-refractivity contribution in [3.05, 3.63) is 72.2 Å². The van der Waals surface area contributed by atoms with E-state index in [2.05, 4.69) is 41.8 Å². The van der Waals surface area contributed by atoms with Crippen molar-refractivity contribution in [3.8, 4) is 11.3 Å². The highest BCUT2D eigenvalue weighted by molar-refractivity contribution is 5.98. The van der Waals surface area contributed by atoms with E-state index in [9.17, 15) is 13.2 Å². The van der Waals surface area contributed by atoms with Gasteiger partial charge in [0.25, 0.3) is 0 Å². The highest BCUT2D eigenvalue weighted by Gasteiger charge is 2.36. The van der Waals surface area contributed by atoms with E-state index in [1.165, 1.54) is 6.20 Å². The normalized spacial score (nSPS) is 12.8. The van der Waals surface area contributed by atoms with Gasteiger partial charge in [-0.1, -0.05) is 45.0 Å². The van der Waals surface area contributed by atoms with Gasteiger partial charge in [0.15, 0.2) is 0 Å². The predicted octanol–water partition coefficient (Wildman–Crippen LogP) is 6.41. The van der Waals surface area contributed by atoms with E-state index >= 15 is 0 Å². The second kappa shape index (κ2) is 6.51. The van der Waals surface area contributed by atoms with Crippen LogP contribution in [0.25, 0.3) is 38.8 Å². The molecular weight excluding hydrogens is 401 g/mol. The average molecular weight is 420 g/mol. The first-order chi connectivity index (χ1) is 14.6. The third kappa shape index (κ3) is 3.12. The Bertz CT molecular complexity index is 1460. The smallest absolute Gasteiger partial charge is 0.281 e. The Morgan fingerprint density at radius 2 is 1.68 bits per heavy atom. The van der Waals surface area contributed by atoms with E-state index in [1.54, 1.807) is 16.7 Å². The molecule has 0 aliphatic heterocycles. The van der Waals surface area contributed by atoms with Crippen molar-refractivity contribution < 1.29 is 13.2 Å². The molecule has 5 rings (SSSR count). The Balaban J connectivity index is 1.91. The van der Waals surface area contributed by atoms with E-state index in [4.69, 9.17) is 0 Å². The summed E-state index contributed by atoms with van der Waals surface area (Å²) in [4.78, 5) is 12.6. The summed E-state index contributed by atoms with van der Waals surface area (Å²) in [6.07, 6.45) is -0.526. The maximum absolute atomic E-state index is 13.7. The van der Waals surface area contributed by atoms with Crippen LogP contribution >= 0.6 is 0 Å². The third-order valence-electron chi connectivity index (χ3n) is 5.45. The third-order valence-corrected chi connectivity index (χ3v) is 5.45. The first-order valence-electron chi connectivity index (χ1n) is 9.87. The van der Waals surface area contributed by atoms with Gasteiger partial charge >= 0.3 is 6.18 Å². The van der Waals surface area contributed by atoms with Crippen molar-refractivity contribution in [1.29, 1.82) is 0 Å². The van der Waals surface area contributed by atoms with Crippen LogP contribution in [-0.4, -0.2) is 19.4 Å². The van der Waals surface area contributed by atoms with Crippen molar-refractivity contribution in [2.24, 2.45) is 0 Å². The molecule has 0 aliphatic carbocycles. The van der Waals surface area contributed by atoms with Gasteiger partial charge in [-0.15, -0.1) is 0 Å². The van der Waals surface area contributed by atoms with Crippen LogP contribution in [0.2, 0.25) is 0 Å². The molecule has 0 saturated heterocycles. The molecule has 156 valence electrons. The molecule has 0 spiro atoms. The van der Waals surface area contributed by atoms with Crippen molar-refractivity contribution in [3.63, 3.8) is 0 Å². The molecule has 0 unspecified atom stereocenters. The van der Waals surface area contributed by atoms with Gasteiger partial charge in [-0.2, -0.15) is 13.2 Å². The van der Waals surface area contributed by atoms with Gasteiger partial charge in [-0.3, -0.25) is 9.38 Å². The van der Waals surface area contributed by atoms with Gasteiger partial charge in [0.2, 0.25) is 5.78 Å². The number of nitrogens with zero attached hydrogens (tertiary/aromatic N) is 4. The van der Waals surface area contributed by atoms with Crippen LogP contribution in [0.5, 0.6) is 0 Å². The minimum absolute atomic E-state index is 0.151. The summed E-state index contributed by atoms with van der Waals surface area (Å²) < 4.78 is 42.7. The molecule has 3 heterocycles. The Labute approximate surface area is 176 Å². The maximum atomic E-state index is 13.7. The number of hydrogen-bond donors (Lipinski definition) is 0. The van der Waals surface area contributed by atoms with Gasteiger partial charge in [-0.25, -0.2) is 9.97 Å². The number of imidazole rings is 1. The van der Waals surface area contributed by atoms with Crippen molar-refractivity contribution in [1.82, 2.24) is 19.4 Å². The second-order valence-electron chi connectivity index (χ2n) is 8.61. The molecule has 7 heteroatoms. The highest BCUT2D eigenvalue weighted by Crippen LogP contribution is 2.40. The molecule has 0 radical (unpaired) electrons. The van der Waals surface area contributed by atoms with E-state index in [0.29, 0.717) is 11.2 Å². The summed E-state index contributed by atoms with van der Waals surface area (Å²) in [5, 5.41) is 2.12. The Morgan fingerprint density at radius 3 is 2.42 bits per heavy atom. The van der Waals surface area contributed by atoms with E-state index in [-0.39, 0.29) is 16.7 Å². The first kappa shape index (κ1) is 19.5. The van der Waals surface area contributed by atoms with Gasteiger partial charge in [-0.05, 0) is 39.9 Å². The number of benzene rings is 2. The number of alkyl halides is 3. The average Bonchev–Trinajstić information content (AvgIpc) is 3.10. The number of pyridine rings is 1. The zero-order valence-corrected chi connectivity index (χ0v) is 17.2. The highest BCUT2D eigenvalue weighted by atomic mass is 19.4. The topological polar surface area (TPSA) is 43.1 Å². The number of hydrogen-bond acceptors (Lipinski definition) is 3. The standard InChI is InChI=1S/C24H19F3N4/c1-23(2,3)17-12-15(11-14-7-4-5-8-16(14)17)19-21-20(18(13-29-19)24(25,26)27)30-22-28-9-6-10-31(21)22/h4-13H,1-3H3. The Morgan fingerprint density at radius 1 is 0.903 bits per heavy atom. The lowest BCUT2D eigenvalue weighted by atomic mass is 9.82. The predicted molar refractivity (Wildman–Crippen MR) is 115 cm³/mol. The fraction of sp³-hybridized carbons (Fsp3) is 0.208. The van der Waals surface area contributed by atoms with E-state index in [1.807, 2.05) is 30.3 Å². The molecule has 0 bridgehead atoms. The fourth-order valence-corrected chi connectivity index (χ4v) is 4.04. The van der Waals surface area contributed by atoms with Gasteiger partial charge < -0.3 is 0 Å². The molecule has 5 aromatic rings. The summed E-state index contributed by atoms with van der Waals surface area (Å²) in [7, 11) is 0. The molecule has 0 aliphatic rings. The van der Waals surface area contributed by atoms with Crippen LogP contribution in [0.1, 0.15) is 31.9 Å². The molecule has 3 aromatic heterocycles. The van der Waals surface area contributed by atoms with Crippen LogP contribution in [0.15, 0.2) is 61.1 Å². The van der Waals surface area contributed by atoms with Crippen LogP contribution in [0.4, 0.5) is 13.2 Å². The van der Waals surface area contributed by atoms with Gasteiger partial charge in [0.05, 0.1) is 5.69 Å². The summed E-state index contributed by atoms with van der Waals surface area (Å²) in [5.41, 5.74) is 1.40. The largest absolute Gasteiger partial charge is 0.420 e. The fourth-order valence-electron chi connectivity index (χ4n) is 4.04. The molecule has 0 fully saturated rings. The number of rotatable bonds is 1. The molecule has 4 nitrogen and oxygen atoms in total. The molecule has 0 atom stereocenters. The van der Waals surface area contributed by atoms with Crippen molar-refractivity contribution >= 4 is 27.6 Å². The lowest BCUT2D eigenvalue weighted by Crippen LogP contribution is -2.12. The molecule has 31 heavy (non-hydrogen) atoms. The number of aromatic nitrogens is 4. The second-order valence-corrected chi connectivity index (χ2v) is 8.61. The lowest BCUT2D eigenvalue weighted by molar-refractivity contribution is -0.136. The Kier molecular flexibility index (Phi) is 4.09. The van der Waals surface area contributed by atoms with Crippen LogP contribution < -0.4 is 0 Å². The summed E-state index contributed by atoms with van der Waals surface area (Å²) in [6, 6.07) is 13.7. The summed E-state index contributed by atoms with van der Waals surface area (Å²) in [5.74, 6) is 0.203. The zero-order valence-electron chi connectivity index (χ0n) is 17.2. The van der Waals surface area contributed by atoms with E-state index < -0.39 is 11.7 Å². The molecule has 0 N–H and O–H groups in total. The van der Waals surface area contributed by atoms with Crippen LogP contribution in [0, 0.1) is 0 Å². The monoisotopic (exact) mass is 420 g/mol. The van der Waals surface area contributed by atoms with Crippen LogP contribution in [0.3, 0.4) is 0 Å².